The summed E-state index contributed by atoms with van der Waals surface area (Å²) in [6, 6.07) is 17.4. The van der Waals surface area contributed by atoms with Gasteiger partial charge >= 0.3 is 0 Å². The summed E-state index contributed by atoms with van der Waals surface area (Å²) in [5, 5.41) is 26.4. The van der Waals surface area contributed by atoms with Crippen LogP contribution in [-0.2, 0) is 0 Å². The maximum Gasteiger partial charge on any atom is 0.124 e. The Morgan fingerprint density at radius 2 is 1.26 bits per heavy atom. The van der Waals surface area contributed by atoms with Crippen LogP contribution < -0.4 is 0 Å². The van der Waals surface area contributed by atoms with E-state index in [2.05, 4.69) is 26.0 Å². The van der Waals surface area contributed by atoms with Crippen molar-refractivity contribution in [1.82, 2.24) is 0 Å². The summed E-state index contributed by atoms with van der Waals surface area (Å²) in [4.78, 5) is 0. The highest BCUT2D eigenvalue weighted by molar-refractivity contribution is 6.20. The van der Waals surface area contributed by atoms with Crippen molar-refractivity contribution in [2.75, 3.05) is 0 Å². The minimum atomic E-state index is 0.282. The van der Waals surface area contributed by atoms with Gasteiger partial charge in [0, 0.05) is 10.8 Å². The lowest BCUT2D eigenvalue weighted by Crippen LogP contribution is -1.91. The van der Waals surface area contributed by atoms with Gasteiger partial charge in [0.05, 0.1) is 0 Å². The molecule has 0 atom stereocenters. The third-order valence-corrected chi connectivity index (χ3v) is 4.65. The van der Waals surface area contributed by atoms with Gasteiger partial charge in [-0.15, -0.1) is 0 Å². The van der Waals surface area contributed by atoms with Crippen LogP contribution in [0.15, 0.2) is 54.6 Å². The molecule has 0 amide bonds. The molecule has 0 aliphatic carbocycles. The molecule has 0 bridgehead atoms. The van der Waals surface area contributed by atoms with Gasteiger partial charge in [-0.05, 0) is 45.2 Å². The second-order valence-electron chi connectivity index (χ2n) is 6.35. The molecule has 0 saturated carbocycles. The summed E-state index contributed by atoms with van der Waals surface area (Å²) >= 11 is 0. The van der Waals surface area contributed by atoms with Crippen molar-refractivity contribution in [1.29, 1.82) is 0 Å². The van der Waals surface area contributed by atoms with Crippen molar-refractivity contribution < 1.29 is 10.2 Å². The Hall–Kier alpha value is -2.74. The third-order valence-electron chi connectivity index (χ3n) is 4.65. The van der Waals surface area contributed by atoms with Crippen molar-refractivity contribution in [2.45, 2.75) is 19.8 Å². The highest BCUT2D eigenvalue weighted by Gasteiger charge is 2.13. The van der Waals surface area contributed by atoms with Crippen LogP contribution in [0.4, 0.5) is 0 Å². The Morgan fingerprint density at radius 3 is 2.04 bits per heavy atom. The summed E-state index contributed by atoms with van der Waals surface area (Å²) in [6.07, 6.45) is 0. The van der Waals surface area contributed by atoms with Crippen LogP contribution in [0.3, 0.4) is 0 Å². The van der Waals surface area contributed by atoms with Crippen molar-refractivity contribution in [3.8, 4) is 11.5 Å². The monoisotopic (exact) mass is 302 g/mol. The first kappa shape index (κ1) is 13.9. The molecule has 0 heterocycles. The summed E-state index contributed by atoms with van der Waals surface area (Å²) in [5.74, 6) is 0.971. The van der Waals surface area contributed by atoms with Gasteiger partial charge in [0.1, 0.15) is 11.5 Å². The first-order valence-corrected chi connectivity index (χ1v) is 7.87. The normalized spacial score (nSPS) is 11.8. The van der Waals surface area contributed by atoms with E-state index < -0.39 is 0 Å². The van der Waals surface area contributed by atoms with Crippen molar-refractivity contribution in [3.05, 3.63) is 60.2 Å². The number of hydrogen-bond acceptors (Lipinski definition) is 2. The summed E-state index contributed by atoms with van der Waals surface area (Å²) < 4.78 is 0. The Morgan fingerprint density at radius 1 is 0.609 bits per heavy atom. The fraction of sp³-hybridized carbons (Fsp3) is 0.143. The average Bonchev–Trinajstić information content (AvgIpc) is 2.54. The second kappa shape index (κ2) is 4.88. The second-order valence-corrected chi connectivity index (χ2v) is 6.35. The van der Waals surface area contributed by atoms with Gasteiger partial charge in [-0.1, -0.05) is 56.3 Å². The van der Waals surface area contributed by atoms with E-state index >= 15 is 0 Å². The standard InChI is InChI=1S/C21H18O2/c1-12(2)13-10-11-20(23)21-17(13)8-6-15-14-4-3-5-19(22)16(14)7-9-18(15)21/h3-12,22-23H,1-2H3. The van der Waals surface area contributed by atoms with E-state index in [0.717, 1.165) is 32.3 Å². The smallest absolute Gasteiger partial charge is 0.124 e. The Bertz CT molecular complexity index is 1060. The SMILES string of the molecule is CC(C)c1ccc(O)c2c1ccc1c3cccc(O)c3ccc12. The van der Waals surface area contributed by atoms with Crippen LogP contribution in [-0.4, -0.2) is 10.2 Å². The molecule has 2 N–H and O–H groups in total. The lowest BCUT2D eigenvalue weighted by molar-refractivity contribution is 0.481. The lowest BCUT2D eigenvalue weighted by Gasteiger charge is -2.14. The average molecular weight is 302 g/mol. The van der Waals surface area contributed by atoms with E-state index in [1.165, 1.54) is 5.56 Å². The van der Waals surface area contributed by atoms with Crippen molar-refractivity contribution >= 4 is 32.3 Å². The molecule has 0 fully saturated rings. The predicted octanol–water partition coefficient (Wildman–Crippen LogP) is 5.68. The molecule has 4 aromatic rings. The quantitative estimate of drug-likeness (QED) is 0.444. The Balaban J connectivity index is 2.24. The molecule has 4 aromatic carbocycles. The molecular formula is C21H18O2. The van der Waals surface area contributed by atoms with Gasteiger partial charge in [-0.2, -0.15) is 0 Å². The zero-order valence-electron chi connectivity index (χ0n) is 13.2. The van der Waals surface area contributed by atoms with E-state index in [4.69, 9.17) is 0 Å². The van der Waals surface area contributed by atoms with E-state index in [1.807, 2.05) is 30.3 Å². The molecule has 0 saturated heterocycles. The van der Waals surface area contributed by atoms with Crippen LogP contribution in [0.5, 0.6) is 11.5 Å². The molecule has 0 aliphatic heterocycles. The molecule has 2 nitrogen and oxygen atoms in total. The van der Waals surface area contributed by atoms with E-state index in [9.17, 15) is 10.2 Å². The Labute approximate surface area is 134 Å². The number of rotatable bonds is 1. The van der Waals surface area contributed by atoms with Crippen LogP contribution in [0.2, 0.25) is 0 Å². The lowest BCUT2D eigenvalue weighted by atomic mass is 9.91. The molecule has 0 radical (unpaired) electrons. The predicted molar refractivity (Wildman–Crippen MR) is 96.4 cm³/mol. The van der Waals surface area contributed by atoms with Crippen molar-refractivity contribution in [2.24, 2.45) is 0 Å². The fourth-order valence-corrected chi connectivity index (χ4v) is 3.52. The maximum absolute atomic E-state index is 10.5. The summed E-state index contributed by atoms with van der Waals surface area (Å²) in [6.45, 7) is 4.32. The number of fused-ring (bicyclic) bond motifs is 5. The maximum atomic E-state index is 10.5. The van der Waals surface area contributed by atoms with E-state index in [1.54, 1.807) is 12.1 Å². The van der Waals surface area contributed by atoms with E-state index in [-0.39, 0.29) is 5.75 Å². The van der Waals surface area contributed by atoms with Crippen molar-refractivity contribution in [3.63, 3.8) is 0 Å². The number of benzene rings is 4. The molecule has 0 aromatic heterocycles. The molecule has 4 rings (SSSR count). The van der Waals surface area contributed by atoms with Gasteiger partial charge in [0.15, 0.2) is 0 Å². The zero-order chi connectivity index (χ0) is 16.1. The van der Waals surface area contributed by atoms with Gasteiger partial charge < -0.3 is 10.2 Å². The molecule has 114 valence electrons. The van der Waals surface area contributed by atoms with Crippen LogP contribution in [0, 0.1) is 0 Å². The molecule has 0 unspecified atom stereocenters. The van der Waals surface area contributed by atoms with E-state index in [0.29, 0.717) is 11.7 Å². The third kappa shape index (κ3) is 1.95. The minimum Gasteiger partial charge on any atom is -0.507 e. The fourth-order valence-electron chi connectivity index (χ4n) is 3.52. The van der Waals surface area contributed by atoms with Gasteiger partial charge in [0.2, 0.25) is 0 Å². The molecule has 0 aliphatic rings. The number of aromatic hydroxyl groups is 2. The minimum absolute atomic E-state index is 0.282. The van der Waals surface area contributed by atoms with Gasteiger partial charge in [-0.25, -0.2) is 0 Å². The number of hydrogen-bond donors (Lipinski definition) is 2. The number of phenolic OH excluding ortho intramolecular Hbond substituents is 2. The van der Waals surface area contributed by atoms with Crippen LogP contribution >= 0.6 is 0 Å². The molecule has 23 heavy (non-hydrogen) atoms. The highest BCUT2D eigenvalue weighted by atomic mass is 16.3. The largest absolute Gasteiger partial charge is 0.507 e. The zero-order valence-corrected chi connectivity index (χ0v) is 13.2. The van der Waals surface area contributed by atoms with Gasteiger partial charge in [-0.3, -0.25) is 0 Å². The van der Waals surface area contributed by atoms with Crippen LogP contribution in [0.25, 0.3) is 32.3 Å². The highest BCUT2D eigenvalue weighted by Crippen LogP contribution is 2.40. The summed E-state index contributed by atoms with van der Waals surface area (Å²) in [5.41, 5.74) is 1.23. The molecule has 2 heteroatoms. The molecular weight excluding hydrogens is 284 g/mol. The summed E-state index contributed by atoms with van der Waals surface area (Å²) in [7, 11) is 0. The topological polar surface area (TPSA) is 40.5 Å². The first-order valence-electron chi connectivity index (χ1n) is 7.87. The van der Waals surface area contributed by atoms with Gasteiger partial charge in [0.25, 0.3) is 0 Å². The Kier molecular flexibility index (Phi) is 2.95. The molecule has 0 spiro atoms. The van der Waals surface area contributed by atoms with Crippen LogP contribution in [0.1, 0.15) is 25.3 Å². The first-order chi connectivity index (χ1) is 11.1. The number of phenols is 2.